The Hall–Kier alpha value is -0.830. The molecule has 1 fully saturated rings. The largest absolute Gasteiger partial charge is 0.357 e. The molecular weight excluding hydrogens is 439 g/mol. The van der Waals surface area contributed by atoms with Crippen molar-refractivity contribution in [3.8, 4) is 0 Å². The Balaban J connectivity index is 0.00000338. The van der Waals surface area contributed by atoms with E-state index in [0.29, 0.717) is 12.6 Å². The van der Waals surface area contributed by atoms with E-state index in [9.17, 15) is 0 Å². The first kappa shape index (κ1) is 23.2. The molecule has 1 aliphatic heterocycles. The lowest BCUT2D eigenvalue weighted by atomic mass is 10.0. The summed E-state index contributed by atoms with van der Waals surface area (Å²) in [5.41, 5.74) is 3.49. The van der Waals surface area contributed by atoms with Crippen LogP contribution in [0.1, 0.15) is 50.6 Å². The molecule has 26 heavy (non-hydrogen) atoms. The zero-order chi connectivity index (χ0) is 18.4. The number of aromatic nitrogens is 2. The van der Waals surface area contributed by atoms with Gasteiger partial charge in [-0.3, -0.25) is 4.68 Å². The summed E-state index contributed by atoms with van der Waals surface area (Å²) in [6, 6.07) is 0.511. The van der Waals surface area contributed by atoms with Crippen molar-refractivity contribution in [1.29, 1.82) is 0 Å². The van der Waals surface area contributed by atoms with Crippen molar-refractivity contribution < 1.29 is 0 Å². The molecule has 0 atom stereocenters. The quantitative estimate of drug-likeness (QED) is 0.377. The molecule has 1 aromatic heterocycles. The Morgan fingerprint density at radius 2 is 1.92 bits per heavy atom. The first-order valence-electron chi connectivity index (χ1n) is 9.67. The van der Waals surface area contributed by atoms with Crippen molar-refractivity contribution in [2.75, 3.05) is 26.2 Å². The number of aliphatic imine (C=N–C) groups is 1. The van der Waals surface area contributed by atoms with Gasteiger partial charge in [-0.25, -0.2) is 4.99 Å². The van der Waals surface area contributed by atoms with Gasteiger partial charge >= 0.3 is 0 Å². The summed E-state index contributed by atoms with van der Waals surface area (Å²) in [7, 11) is 1.99. The van der Waals surface area contributed by atoms with Crippen molar-refractivity contribution in [3.63, 3.8) is 0 Å². The van der Waals surface area contributed by atoms with Gasteiger partial charge < -0.3 is 15.5 Å². The van der Waals surface area contributed by atoms with Crippen LogP contribution in [0, 0.1) is 19.8 Å². The fraction of sp³-hybridized carbons (Fsp3) is 0.789. The maximum atomic E-state index is 4.81. The molecule has 0 aromatic carbocycles. The minimum Gasteiger partial charge on any atom is -0.357 e. The fourth-order valence-electron chi connectivity index (χ4n) is 3.49. The van der Waals surface area contributed by atoms with E-state index in [4.69, 9.17) is 4.99 Å². The topological polar surface area (TPSA) is 57.5 Å². The van der Waals surface area contributed by atoms with Gasteiger partial charge in [0.1, 0.15) is 0 Å². The lowest BCUT2D eigenvalue weighted by Gasteiger charge is -2.34. The van der Waals surface area contributed by atoms with Crippen molar-refractivity contribution in [3.05, 3.63) is 17.0 Å². The van der Waals surface area contributed by atoms with E-state index in [2.05, 4.69) is 55.3 Å². The summed E-state index contributed by atoms with van der Waals surface area (Å²) in [5.74, 6) is 1.67. The van der Waals surface area contributed by atoms with Gasteiger partial charge in [-0.05, 0) is 39.5 Å². The van der Waals surface area contributed by atoms with Crippen LogP contribution in [0.4, 0.5) is 0 Å². The van der Waals surface area contributed by atoms with E-state index in [1.165, 1.54) is 43.7 Å². The summed E-state index contributed by atoms with van der Waals surface area (Å²) >= 11 is 0. The molecule has 2 N–H and O–H groups in total. The van der Waals surface area contributed by atoms with Gasteiger partial charge in [0, 0.05) is 50.5 Å². The highest BCUT2D eigenvalue weighted by Gasteiger charge is 2.20. The second-order valence-corrected chi connectivity index (χ2v) is 7.58. The van der Waals surface area contributed by atoms with Crippen LogP contribution in [0.3, 0.4) is 0 Å². The molecule has 0 spiro atoms. The van der Waals surface area contributed by atoms with Gasteiger partial charge in [0.05, 0.1) is 12.2 Å². The molecule has 7 heteroatoms. The Morgan fingerprint density at radius 1 is 1.27 bits per heavy atom. The van der Waals surface area contributed by atoms with Gasteiger partial charge in [-0.2, -0.15) is 5.10 Å². The van der Waals surface area contributed by atoms with Gasteiger partial charge in [0.25, 0.3) is 0 Å². The number of hydrogen-bond acceptors (Lipinski definition) is 3. The van der Waals surface area contributed by atoms with Crippen LogP contribution in [-0.2, 0) is 13.6 Å². The number of likely N-dealkylation sites (tertiary alicyclic amines) is 1. The zero-order valence-electron chi connectivity index (χ0n) is 17.3. The van der Waals surface area contributed by atoms with Crippen LogP contribution in [-0.4, -0.2) is 52.9 Å². The normalized spacial score (nSPS) is 16.7. The molecule has 0 amide bonds. The third kappa shape index (κ3) is 6.72. The summed E-state index contributed by atoms with van der Waals surface area (Å²) < 4.78 is 1.94. The predicted molar refractivity (Wildman–Crippen MR) is 120 cm³/mol. The molecule has 1 aromatic rings. The molecule has 0 aliphatic carbocycles. The number of halogens is 1. The van der Waals surface area contributed by atoms with E-state index in [-0.39, 0.29) is 24.0 Å². The molecule has 150 valence electrons. The van der Waals surface area contributed by atoms with Crippen LogP contribution in [0.25, 0.3) is 0 Å². The van der Waals surface area contributed by atoms with Crippen molar-refractivity contribution in [1.82, 2.24) is 25.3 Å². The molecule has 1 saturated heterocycles. The number of hydrogen-bond donors (Lipinski definition) is 2. The van der Waals surface area contributed by atoms with E-state index >= 15 is 0 Å². The third-order valence-corrected chi connectivity index (χ3v) is 4.95. The Kier molecular flexibility index (Phi) is 9.92. The maximum Gasteiger partial charge on any atom is 0.191 e. The highest BCUT2D eigenvalue weighted by atomic mass is 127. The summed E-state index contributed by atoms with van der Waals surface area (Å²) in [6.45, 7) is 16.0. The number of aryl methyl sites for hydroxylation is 2. The predicted octanol–water partition coefficient (Wildman–Crippen LogP) is 2.83. The summed E-state index contributed by atoms with van der Waals surface area (Å²) in [6.07, 6.45) is 2.37. The molecule has 0 radical (unpaired) electrons. The summed E-state index contributed by atoms with van der Waals surface area (Å²) in [5, 5.41) is 11.5. The average Bonchev–Trinajstić information content (AvgIpc) is 2.79. The lowest BCUT2D eigenvalue weighted by Crippen LogP contribution is -2.49. The number of guanidine groups is 1. The SMILES string of the molecule is CCNC(=NCc1c(C)nn(C)c1C)NC1CCN(CC(C)C)CC1.I. The first-order chi connectivity index (χ1) is 11.9. The number of rotatable bonds is 6. The third-order valence-electron chi connectivity index (χ3n) is 4.95. The van der Waals surface area contributed by atoms with Crippen LogP contribution in [0.15, 0.2) is 4.99 Å². The van der Waals surface area contributed by atoms with Gasteiger partial charge in [0.15, 0.2) is 5.96 Å². The average molecular weight is 476 g/mol. The highest BCUT2D eigenvalue weighted by molar-refractivity contribution is 14.0. The van der Waals surface area contributed by atoms with Crippen LogP contribution >= 0.6 is 24.0 Å². The molecule has 2 heterocycles. The highest BCUT2D eigenvalue weighted by Crippen LogP contribution is 2.14. The monoisotopic (exact) mass is 476 g/mol. The van der Waals surface area contributed by atoms with Gasteiger partial charge in [0.2, 0.25) is 0 Å². The van der Waals surface area contributed by atoms with E-state index in [1.54, 1.807) is 0 Å². The summed E-state index contributed by atoms with van der Waals surface area (Å²) in [4.78, 5) is 7.39. The van der Waals surface area contributed by atoms with Crippen LogP contribution < -0.4 is 10.6 Å². The smallest absolute Gasteiger partial charge is 0.191 e. The first-order valence-corrected chi connectivity index (χ1v) is 9.67. The van der Waals surface area contributed by atoms with Gasteiger partial charge in [-0.15, -0.1) is 24.0 Å². The second kappa shape index (κ2) is 11.1. The Labute approximate surface area is 176 Å². The second-order valence-electron chi connectivity index (χ2n) is 7.58. The molecule has 0 unspecified atom stereocenters. The molecule has 6 nitrogen and oxygen atoms in total. The maximum absolute atomic E-state index is 4.81. The van der Waals surface area contributed by atoms with E-state index < -0.39 is 0 Å². The van der Waals surface area contributed by atoms with Crippen molar-refractivity contribution >= 4 is 29.9 Å². The number of piperidine rings is 1. The molecular formula is C19H37IN6. The van der Waals surface area contributed by atoms with Crippen molar-refractivity contribution in [2.24, 2.45) is 18.0 Å². The zero-order valence-corrected chi connectivity index (χ0v) is 19.6. The molecule has 2 rings (SSSR count). The minimum atomic E-state index is 0. The Bertz CT molecular complexity index is 573. The van der Waals surface area contributed by atoms with Gasteiger partial charge in [-0.1, -0.05) is 13.8 Å². The standard InChI is InChI=1S/C19H36N6.HI/c1-7-20-19(21-12-18-15(4)23-24(6)16(18)5)22-17-8-10-25(11-9-17)13-14(2)3;/h14,17H,7-13H2,1-6H3,(H2,20,21,22);1H. The van der Waals surface area contributed by atoms with E-state index in [1.807, 2.05) is 11.7 Å². The number of nitrogens with one attached hydrogen (secondary N) is 2. The molecule has 1 aliphatic rings. The fourth-order valence-corrected chi connectivity index (χ4v) is 3.49. The Morgan fingerprint density at radius 3 is 2.42 bits per heavy atom. The van der Waals surface area contributed by atoms with Crippen molar-refractivity contribution in [2.45, 2.75) is 60.0 Å². The van der Waals surface area contributed by atoms with Crippen LogP contribution in [0.2, 0.25) is 0 Å². The van der Waals surface area contributed by atoms with E-state index in [0.717, 1.165) is 24.1 Å². The molecule has 0 bridgehead atoms. The van der Waals surface area contributed by atoms with Crippen LogP contribution in [0.5, 0.6) is 0 Å². The minimum absolute atomic E-state index is 0. The lowest BCUT2D eigenvalue weighted by molar-refractivity contribution is 0.187. The number of nitrogens with zero attached hydrogens (tertiary/aromatic N) is 4. The molecule has 0 saturated carbocycles.